The molecule has 0 aliphatic heterocycles. The molecule has 0 bridgehead atoms. The fourth-order valence-corrected chi connectivity index (χ4v) is 2.45. The number of hydrogen-bond acceptors (Lipinski definition) is 3. The van der Waals surface area contributed by atoms with E-state index in [1.807, 2.05) is 0 Å². The van der Waals surface area contributed by atoms with E-state index in [1.165, 1.54) is 24.0 Å². The van der Waals surface area contributed by atoms with Gasteiger partial charge in [-0.15, -0.1) is 0 Å². The third kappa shape index (κ3) is 5.51. The summed E-state index contributed by atoms with van der Waals surface area (Å²) in [5, 5.41) is 3.35. The highest BCUT2D eigenvalue weighted by Gasteiger charge is 2.08. The SMILES string of the molecule is CCCN(CCC)Cc1ccc(CNCC)c(OC)c1. The highest BCUT2D eigenvalue weighted by molar-refractivity contribution is 5.37. The lowest BCUT2D eigenvalue weighted by molar-refractivity contribution is 0.266. The van der Waals surface area contributed by atoms with Gasteiger partial charge in [0.05, 0.1) is 7.11 Å². The first-order chi connectivity index (χ1) is 9.74. The van der Waals surface area contributed by atoms with Gasteiger partial charge < -0.3 is 10.1 Å². The van der Waals surface area contributed by atoms with Crippen molar-refractivity contribution in [2.75, 3.05) is 26.7 Å². The van der Waals surface area contributed by atoms with Crippen LogP contribution in [-0.4, -0.2) is 31.6 Å². The van der Waals surface area contributed by atoms with Crippen molar-refractivity contribution in [3.05, 3.63) is 29.3 Å². The van der Waals surface area contributed by atoms with E-state index in [9.17, 15) is 0 Å². The smallest absolute Gasteiger partial charge is 0.123 e. The van der Waals surface area contributed by atoms with Crippen LogP contribution in [0.2, 0.25) is 0 Å². The van der Waals surface area contributed by atoms with Crippen molar-refractivity contribution in [3.63, 3.8) is 0 Å². The molecule has 0 saturated carbocycles. The van der Waals surface area contributed by atoms with E-state index in [0.717, 1.165) is 38.5 Å². The van der Waals surface area contributed by atoms with Crippen LogP contribution in [0.25, 0.3) is 0 Å². The molecule has 1 rings (SSSR count). The lowest BCUT2D eigenvalue weighted by Crippen LogP contribution is -2.25. The zero-order valence-electron chi connectivity index (χ0n) is 13.5. The minimum atomic E-state index is 0.869. The Balaban J connectivity index is 2.74. The van der Waals surface area contributed by atoms with Gasteiger partial charge in [-0.25, -0.2) is 0 Å². The Morgan fingerprint density at radius 1 is 1.10 bits per heavy atom. The molecule has 3 heteroatoms. The fourth-order valence-electron chi connectivity index (χ4n) is 2.45. The van der Waals surface area contributed by atoms with Gasteiger partial charge in [0.15, 0.2) is 0 Å². The molecule has 1 aromatic rings. The lowest BCUT2D eigenvalue weighted by atomic mass is 10.1. The molecule has 0 aliphatic rings. The highest BCUT2D eigenvalue weighted by Crippen LogP contribution is 2.21. The summed E-state index contributed by atoms with van der Waals surface area (Å²) in [6.45, 7) is 11.8. The van der Waals surface area contributed by atoms with Gasteiger partial charge in [-0.05, 0) is 44.1 Å². The van der Waals surface area contributed by atoms with Crippen LogP contribution in [-0.2, 0) is 13.1 Å². The average molecular weight is 278 g/mol. The quantitative estimate of drug-likeness (QED) is 0.709. The van der Waals surface area contributed by atoms with Gasteiger partial charge in [0.25, 0.3) is 0 Å². The Labute approximate surface area is 124 Å². The van der Waals surface area contributed by atoms with Gasteiger partial charge in [-0.1, -0.05) is 32.9 Å². The molecule has 1 N–H and O–H groups in total. The van der Waals surface area contributed by atoms with Crippen LogP contribution in [0.3, 0.4) is 0 Å². The van der Waals surface area contributed by atoms with Gasteiger partial charge in [-0.2, -0.15) is 0 Å². The molecule has 0 amide bonds. The molecule has 0 aromatic heterocycles. The molecule has 0 aliphatic carbocycles. The number of ether oxygens (including phenoxy) is 1. The summed E-state index contributed by atoms with van der Waals surface area (Å²) in [5.74, 6) is 0.997. The normalized spacial score (nSPS) is 11.1. The lowest BCUT2D eigenvalue weighted by Gasteiger charge is -2.21. The predicted octanol–water partition coefficient (Wildman–Crippen LogP) is 3.43. The largest absolute Gasteiger partial charge is 0.496 e. The Kier molecular flexibility index (Phi) is 8.31. The topological polar surface area (TPSA) is 24.5 Å². The van der Waals surface area contributed by atoms with E-state index in [4.69, 9.17) is 4.74 Å². The standard InChI is InChI=1S/C17H30N2O/c1-5-10-19(11-6-2)14-15-8-9-16(13-18-7-3)17(12-15)20-4/h8-9,12,18H,5-7,10-11,13-14H2,1-4H3. The van der Waals surface area contributed by atoms with E-state index in [2.05, 4.69) is 49.2 Å². The second-order valence-corrected chi connectivity index (χ2v) is 5.20. The highest BCUT2D eigenvalue weighted by atomic mass is 16.5. The minimum absolute atomic E-state index is 0.869. The van der Waals surface area contributed by atoms with E-state index in [-0.39, 0.29) is 0 Å². The number of hydrogen-bond donors (Lipinski definition) is 1. The maximum Gasteiger partial charge on any atom is 0.123 e. The Morgan fingerprint density at radius 3 is 2.35 bits per heavy atom. The van der Waals surface area contributed by atoms with Crippen molar-refractivity contribution >= 4 is 0 Å². The van der Waals surface area contributed by atoms with Gasteiger partial charge in [0.1, 0.15) is 5.75 Å². The second kappa shape index (κ2) is 9.78. The first-order valence-electron chi connectivity index (χ1n) is 7.83. The monoisotopic (exact) mass is 278 g/mol. The average Bonchev–Trinajstić information content (AvgIpc) is 2.46. The summed E-state index contributed by atoms with van der Waals surface area (Å²) in [7, 11) is 1.75. The van der Waals surface area contributed by atoms with Crippen LogP contribution >= 0.6 is 0 Å². The van der Waals surface area contributed by atoms with E-state index >= 15 is 0 Å². The summed E-state index contributed by atoms with van der Waals surface area (Å²) in [6, 6.07) is 6.60. The Morgan fingerprint density at radius 2 is 1.80 bits per heavy atom. The maximum atomic E-state index is 5.53. The zero-order valence-corrected chi connectivity index (χ0v) is 13.5. The van der Waals surface area contributed by atoms with Crippen LogP contribution < -0.4 is 10.1 Å². The number of nitrogens with one attached hydrogen (secondary N) is 1. The third-order valence-corrected chi connectivity index (χ3v) is 3.40. The van der Waals surface area contributed by atoms with Crippen LogP contribution in [0, 0.1) is 0 Å². The number of nitrogens with zero attached hydrogens (tertiary/aromatic N) is 1. The van der Waals surface area contributed by atoms with E-state index in [0.29, 0.717) is 0 Å². The van der Waals surface area contributed by atoms with Crippen molar-refractivity contribution in [1.82, 2.24) is 10.2 Å². The molecular formula is C17H30N2O. The van der Waals surface area contributed by atoms with Gasteiger partial charge in [0.2, 0.25) is 0 Å². The molecule has 0 radical (unpaired) electrons. The van der Waals surface area contributed by atoms with Crippen LogP contribution in [0.1, 0.15) is 44.7 Å². The number of benzene rings is 1. The second-order valence-electron chi connectivity index (χ2n) is 5.20. The van der Waals surface area contributed by atoms with Crippen molar-refractivity contribution in [2.45, 2.75) is 46.7 Å². The molecule has 0 unspecified atom stereocenters. The van der Waals surface area contributed by atoms with Gasteiger partial charge >= 0.3 is 0 Å². The maximum absolute atomic E-state index is 5.53. The number of rotatable bonds is 10. The van der Waals surface area contributed by atoms with Crippen molar-refractivity contribution in [2.24, 2.45) is 0 Å². The van der Waals surface area contributed by atoms with Crippen molar-refractivity contribution < 1.29 is 4.74 Å². The van der Waals surface area contributed by atoms with Gasteiger partial charge in [0, 0.05) is 18.7 Å². The fraction of sp³-hybridized carbons (Fsp3) is 0.647. The molecule has 20 heavy (non-hydrogen) atoms. The van der Waals surface area contributed by atoms with Crippen molar-refractivity contribution in [1.29, 1.82) is 0 Å². The molecular weight excluding hydrogens is 248 g/mol. The third-order valence-electron chi connectivity index (χ3n) is 3.40. The van der Waals surface area contributed by atoms with Crippen molar-refractivity contribution in [3.8, 4) is 5.75 Å². The summed E-state index contributed by atoms with van der Waals surface area (Å²) in [6.07, 6.45) is 2.41. The Hall–Kier alpha value is -1.06. The molecule has 0 saturated heterocycles. The zero-order chi connectivity index (χ0) is 14.8. The first-order valence-corrected chi connectivity index (χ1v) is 7.83. The predicted molar refractivity (Wildman–Crippen MR) is 86.2 cm³/mol. The summed E-state index contributed by atoms with van der Waals surface area (Å²) in [5.41, 5.74) is 2.57. The van der Waals surface area contributed by atoms with Crippen LogP contribution in [0.15, 0.2) is 18.2 Å². The van der Waals surface area contributed by atoms with Crippen LogP contribution in [0.5, 0.6) is 5.75 Å². The summed E-state index contributed by atoms with van der Waals surface area (Å²) < 4.78 is 5.53. The van der Waals surface area contributed by atoms with Crippen LogP contribution in [0.4, 0.5) is 0 Å². The molecule has 0 heterocycles. The minimum Gasteiger partial charge on any atom is -0.496 e. The Bertz CT molecular complexity index is 373. The first kappa shape index (κ1) is 17.0. The molecule has 114 valence electrons. The van der Waals surface area contributed by atoms with E-state index < -0.39 is 0 Å². The van der Waals surface area contributed by atoms with E-state index in [1.54, 1.807) is 7.11 Å². The van der Waals surface area contributed by atoms with Gasteiger partial charge in [-0.3, -0.25) is 4.90 Å². The molecule has 1 aromatic carbocycles. The molecule has 0 spiro atoms. The molecule has 0 atom stereocenters. The molecule has 3 nitrogen and oxygen atoms in total. The molecule has 0 fully saturated rings. The number of methoxy groups -OCH3 is 1. The summed E-state index contributed by atoms with van der Waals surface area (Å²) in [4.78, 5) is 2.51. The summed E-state index contributed by atoms with van der Waals surface area (Å²) >= 11 is 0.